The Hall–Kier alpha value is -1.61. The van der Waals surface area contributed by atoms with E-state index in [1.807, 2.05) is 0 Å². The number of aromatic amines is 1. The zero-order chi connectivity index (χ0) is 26.2. The summed E-state index contributed by atoms with van der Waals surface area (Å²) >= 11 is 0. The summed E-state index contributed by atoms with van der Waals surface area (Å²) in [7, 11) is -16.4. The second-order valence-corrected chi connectivity index (χ2v) is 11.0. The summed E-state index contributed by atoms with van der Waals surface area (Å²) in [5, 5.41) is 20.3. The molecule has 34 heavy (non-hydrogen) atoms. The molecule has 22 heteroatoms. The van der Waals surface area contributed by atoms with Crippen LogP contribution in [-0.2, 0) is 42.0 Å². The summed E-state index contributed by atoms with van der Waals surface area (Å²) in [5.74, 6) is 0. The van der Waals surface area contributed by atoms with E-state index in [1.54, 1.807) is 4.98 Å². The molecule has 6 atom stereocenters. The Bertz CT molecular complexity index is 1220. The van der Waals surface area contributed by atoms with Gasteiger partial charge in [0.2, 0.25) is 0 Å². The van der Waals surface area contributed by atoms with E-state index in [1.165, 1.54) is 6.07 Å². The summed E-state index contributed by atoms with van der Waals surface area (Å²) < 4.78 is 70.3. The number of aliphatic hydroxyl groups excluding tert-OH is 1. The molecule has 1 saturated heterocycles. The SMILES string of the molecule is COC1C(O)C(C#N)(n2ccc(=O)[nH]c2=O)OC1(CF)COP(=O)(O)OP(=O)(O)OP(=O)(O)O. The maximum absolute atomic E-state index is 14.2. The molecule has 1 fully saturated rings. The Kier molecular flexibility index (Phi) is 8.25. The van der Waals surface area contributed by atoms with Crippen molar-refractivity contribution < 1.29 is 65.4 Å². The minimum atomic E-state index is -5.90. The fourth-order valence-corrected chi connectivity index (χ4v) is 6.10. The Morgan fingerprint density at radius 1 is 1.24 bits per heavy atom. The lowest BCUT2D eigenvalue weighted by molar-refractivity contribution is -0.169. The number of ether oxygens (including phenoxy) is 2. The fourth-order valence-electron chi connectivity index (χ4n) is 3.03. The van der Waals surface area contributed by atoms with Gasteiger partial charge < -0.3 is 34.2 Å². The highest BCUT2D eigenvalue weighted by molar-refractivity contribution is 7.66. The first-order chi connectivity index (χ1) is 15.5. The topological polar surface area (TPSA) is 277 Å². The van der Waals surface area contributed by atoms with E-state index in [4.69, 9.17) is 19.3 Å². The van der Waals surface area contributed by atoms with E-state index in [2.05, 4.69) is 13.1 Å². The molecule has 18 nitrogen and oxygen atoms in total. The van der Waals surface area contributed by atoms with Crippen LogP contribution in [0.5, 0.6) is 0 Å². The van der Waals surface area contributed by atoms with E-state index < -0.39 is 71.5 Å². The van der Waals surface area contributed by atoms with Crippen molar-refractivity contribution in [2.24, 2.45) is 0 Å². The molecule has 0 radical (unpaired) electrons. The predicted molar refractivity (Wildman–Crippen MR) is 101 cm³/mol. The number of hydrogen-bond acceptors (Lipinski definition) is 12. The van der Waals surface area contributed by atoms with Crippen molar-refractivity contribution in [1.82, 2.24) is 9.55 Å². The fraction of sp³-hybridized carbons (Fsp3) is 0.583. The summed E-state index contributed by atoms with van der Waals surface area (Å²) in [5.41, 5.74) is -7.59. The van der Waals surface area contributed by atoms with E-state index in [-0.39, 0.29) is 0 Å². The Labute approximate surface area is 187 Å². The van der Waals surface area contributed by atoms with E-state index in [0.717, 1.165) is 19.4 Å². The highest BCUT2D eigenvalue weighted by Crippen LogP contribution is 2.66. The van der Waals surface area contributed by atoms with Gasteiger partial charge in [-0.2, -0.15) is 13.9 Å². The van der Waals surface area contributed by atoms with Crippen molar-refractivity contribution in [3.8, 4) is 6.07 Å². The van der Waals surface area contributed by atoms with E-state index in [0.29, 0.717) is 4.57 Å². The van der Waals surface area contributed by atoms with Gasteiger partial charge in [0, 0.05) is 19.4 Å². The number of aromatic nitrogens is 2. The van der Waals surface area contributed by atoms with Crippen LogP contribution in [0.1, 0.15) is 0 Å². The summed E-state index contributed by atoms with van der Waals surface area (Å²) in [6.07, 6.45) is -3.36. The van der Waals surface area contributed by atoms with Gasteiger partial charge in [-0.3, -0.25) is 18.9 Å². The van der Waals surface area contributed by atoms with Crippen LogP contribution in [0.3, 0.4) is 0 Å². The molecule has 0 aromatic carbocycles. The maximum Gasteiger partial charge on any atom is 0.490 e. The standard InChI is InChI=1S/C12H17FN3O15P3/c1-27-9-8(18)12(5-14,16-3-2-7(17)15-10(16)19)29-11(9,4-13)6-28-33(23,24)31-34(25,26)30-32(20,21)22/h2-3,8-9,18H,4,6H2,1H3,(H,23,24)(H,25,26)(H,15,17,19)(H2,20,21,22). The first-order valence-corrected chi connectivity index (χ1v) is 13.0. The van der Waals surface area contributed by atoms with Crippen LogP contribution in [0, 0.1) is 11.3 Å². The largest absolute Gasteiger partial charge is 0.490 e. The molecular weight excluding hydrogens is 538 g/mol. The molecule has 2 heterocycles. The quantitative estimate of drug-likeness (QED) is 0.173. The monoisotopic (exact) mass is 555 g/mol. The number of nitrogens with one attached hydrogen (secondary N) is 1. The Balaban J connectivity index is 2.41. The molecule has 0 amide bonds. The van der Waals surface area contributed by atoms with Gasteiger partial charge in [0.05, 0.1) is 6.61 Å². The number of phosphoric acid groups is 3. The van der Waals surface area contributed by atoms with Gasteiger partial charge in [0.1, 0.15) is 25.0 Å². The summed E-state index contributed by atoms with van der Waals surface area (Å²) in [6.45, 7) is -3.18. The van der Waals surface area contributed by atoms with Crippen molar-refractivity contribution in [2.75, 3.05) is 20.4 Å². The number of nitriles is 1. The second kappa shape index (κ2) is 9.80. The lowest BCUT2D eigenvalue weighted by Crippen LogP contribution is -2.51. The van der Waals surface area contributed by atoms with Crippen molar-refractivity contribution in [3.05, 3.63) is 33.1 Å². The van der Waals surface area contributed by atoms with Gasteiger partial charge in [0.25, 0.3) is 11.3 Å². The zero-order valence-electron chi connectivity index (χ0n) is 16.7. The minimum Gasteiger partial charge on any atom is -0.384 e. The molecule has 1 aromatic heterocycles. The van der Waals surface area contributed by atoms with Gasteiger partial charge >= 0.3 is 29.2 Å². The number of alkyl halides is 1. The van der Waals surface area contributed by atoms with Crippen LogP contribution in [0.15, 0.2) is 21.9 Å². The van der Waals surface area contributed by atoms with Gasteiger partial charge in [0.15, 0.2) is 5.60 Å². The Morgan fingerprint density at radius 2 is 1.85 bits per heavy atom. The molecule has 0 aliphatic carbocycles. The van der Waals surface area contributed by atoms with Crippen LogP contribution >= 0.6 is 23.5 Å². The van der Waals surface area contributed by atoms with Crippen LogP contribution in [0.4, 0.5) is 4.39 Å². The molecule has 0 saturated carbocycles. The highest BCUT2D eigenvalue weighted by Gasteiger charge is 2.66. The van der Waals surface area contributed by atoms with Gasteiger partial charge in [-0.15, -0.1) is 0 Å². The van der Waals surface area contributed by atoms with Crippen LogP contribution in [0.2, 0.25) is 0 Å². The van der Waals surface area contributed by atoms with Crippen molar-refractivity contribution in [3.63, 3.8) is 0 Å². The predicted octanol–water partition coefficient (Wildman–Crippen LogP) is -1.83. The van der Waals surface area contributed by atoms with Crippen LogP contribution < -0.4 is 11.2 Å². The lowest BCUT2D eigenvalue weighted by Gasteiger charge is -2.31. The third-order valence-electron chi connectivity index (χ3n) is 4.28. The first-order valence-electron chi connectivity index (χ1n) is 8.45. The Morgan fingerprint density at radius 3 is 2.32 bits per heavy atom. The molecule has 1 aliphatic heterocycles. The lowest BCUT2D eigenvalue weighted by atomic mass is 9.94. The normalized spacial score (nSPS) is 30.9. The molecule has 192 valence electrons. The molecule has 1 aliphatic rings. The molecule has 6 N–H and O–H groups in total. The number of aliphatic hydroxyl groups is 1. The number of rotatable bonds is 10. The average molecular weight is 555 g/mol. The molecular formula is C12H17FN3O15P3. The number of hydrogen-bond donors (Lipinski definition) is 6. The van der Waals surface area contributed by atoms with E-state index in [9.17, 15) is 47.8 Å². The van der Waals surface area contributed by atoms with Crippen molar-refractivity contribution >= 4 is 23.5 Å². The van der Waals surface area contributed by atoms with E-state index >= 15 is 0 Å². The van der Waals surface area contributed by atoms with Gasteiger partial charge in [-0.05, 0) is 0 Å². The number of H-pyrrole nitrogens is 1. The molecule has 1 aromatic rings. The molecule has 6 unspecified atom stereocenters. The molecule has 0 spiro atoms. The average Bonchev–Trinajstić information content (AvgIpc) is 2.92. The number of phosphoric ester groups is 1. The molecule has 2 rings (SSSR count). The first kappa shape index (κ1) is 28.6. The van der Waals surface area contributed by atoms with Crippen molar-refractivity contribution in [1.29, 1.82) is 5.26 Å². The number of halogens is 1. The van der Waals surface area contributed by atoms with Gasteiger partial charge in [-0.25, -0.2) is 22.9 Å². The maximum atomic E-state index is 14.2. The smallest absolute Gasteiger partial charge is 0.384 e. The highest BCUT2D eigenvalue weighted by atomic mass is 31.3. The van der Waals surface area contributed by atoms with Gasteiger partial charge in [-0.1, -0.05) is 0 Å². The summed E-state index contributed by atoms with van der Waals surface area (Å²) in [6, 6.07) is 2.19. The zero-order valence-corrected chi connectivity index (χ0v) is 19.3. The summed E-state index contributed by atoms with van der Waals surface area (Å²) in [4.78, 5) is 61.1. The second-order valence-electron chi connectivity index (χ2n) is 6.55. The molecule has 0 bridgehead atoms. The van der Waals surface area contributed by atoms with Crippen molar-refractivity contribution in [2.45, 2.75) is 23.5 Å². The van der Waals surface area contributed by atoms with Crippen LogP contribution in [0.25, 0.3) is 0 Å². The number of nitrogens with zero attached hydrogens (tertiary/aromatic N) is 2. The third-order valence-corrected chi connectivity index (χ3v) is 8.06. The third kappa shape index (κ3) is 5.96. The van der Waals surface area contributed by atoms with Crippen LogP contribution in [-0.4, -0.2) is 72.4 Å². The minimum absolute atomic E-state index is 0.382. The number of methoxy groups -OCH3 is 1.